The minimum atomic E-state index is -0.0264. The Bertz CT molecular complexity index is 640. The van der Waals surface area contributed by atoms with Crippen LogP contribution in [0.3, 0.4) is 0 Å². The number of para-hydroxylation sites is 1. The highest BCUT2D eigenvalue weighted by atomic mass is 35.5. The zero-order valence-electron chi connectivity index (χ0n) is 12.2. The van der Waals surface area contributed by atoms with E-state index in [1.54, 1.807) is 6.07 Å². The fourth-order valence-corrected chi connectivity index (χ4v) is 2.20. The van der Waals surface area contributed by atoms with Crippen LogP contribution in [0.2, 0.25) is 5.02 Å². The lowest BCUT2D eigenvalue weighted by molar-refractivity contribution is -0.115. The molecule has 2 rings (SSSR count). The third kappa shape index (κ3) is 4.50. The van der Waals surface area contributed by atoms with E-state index >= 15 is 0 Å². The summed E-state index contributed by atoms with van der Waals surface area (Å²) < 4.78 is 0. The van der Waals surface area contributed by atoms with Gasteiger partial charge in [0.1, 0.15) is 0 Å². The van der Waals surface area contributed by atoms with Gasteiger partial charge in [-0.2, -0.15) is 0 Å². The molecule has 1 amide bonds. The van der Waals surface area contributed by atoms with Crippen LogP contribution in [0.1, 0.15) is 17.5 Å². The molecule has 0 aliphatic carbocycles. The quantitative estimate of drug-likeness (QED) is 0.859. The molecule has 0 unspecified atom stereocenters. The number of benzene rings is 2. The first-order valence-electron chi connectivity index (χ1n) is 6.92. The minimum absolute atomic E-state index is 0.0264. The molecule has 110 valence electrons. The molecule has 21 heavy (non-hydrogen) atoms. The van der Waals surface area contributed by atoms with Crippen LogP contribution in [0, 0.1) is 13.8 Å². The van der Waals surface area contributed by atoms with Crippen LogP contribution in [0.5, 0.6) is 0 Å². The summed E-state index contributed by atoms with van der Waals surface area (Å²) in [6.45, 7) is 4.57. The van der Waals surface area contributed by atoms with Crippen LogP contribution in [0.15, 0.2) is 42.5 Å². The summed E-state index contributed by atoms with van der Waals surface area (Å²) in [5.74, 6) is -0.0264. The summed E-state index contributed by atoms with van der Waals surface area (Å²) in [6.07, 6.45) is 0.403. The van der Waals surface area contributed by atoms with Crippen molar-refractivity contribution in [3.8, 4) is 0 Å². The van der Waals surface area contributed by atoms with Crippen molar-refractivity contribution in [2.75, 3.05) is 17.2 Å². The normalized spacial score (nSPS) is 10.2. The van der Waals surface area contributed by atoms with Gasteiger partial charge < -0.3 is 10.6 Å². The van der Waals surface area contributed by atoms with E-state index in [4.69, 9.17) is 11.6 Å². The van der Waals surface area contributed by atoms with Crippen molar-refractivity contribution >= 4 is 28.9 Å². The molecule has 2 aromatic rings. The number of aryl methyl sites for hydroxylation is 2. The molecule has 0 bridgehead atoms. The maximum Gasteiger partial charge on any atom is 0.226 e. The number of nitrogens with one attached hydrogen (secondary N) is 2. The predicted octanol–water partition coefficient (Wildman–Crippen LogP) is 4.40. The second-order valence-electron chi connectivity index (χ2n) is 5.00. The van der Waals surface area contributed by atoms with Gasteiger partial charge in [0.25, 0.3) is 0 Å². The van der Waals surface area contributed by atoms with Gasteiger partial charge in [0.2, 0.25) is 5.91 Å². The summed E-state index contributed by atoms with van der Waals surface area (Å²) in [6, 6.07) is 13.5. The van der Waals surface area contributed by atoms with Crippen molar-refractivity contribution in [1.29, 1.82) is 0 Å². The summed E-state index contributed by atoms with van der Waals surface area (Å²) in [4.78, 5) is 12.0. The van der Waals surface area contributed by atoms with E-state index in [-0.39, 0.29) is 5.91 Å². The van der Waals surface area contributed by atoms with E-state index in [0.717, 1.165) is 16.9 Å². The van der Waals surface area contributed by atoms with Gasteiger partial charge in [-0.1, -0.05) is 35.9 Å². The molecule has 0 aromatic heterocycles. The first kappa shape index (κ1) is 15.4. The molecule has 0 aliphatic rings. The third-order valence-corrected chi connectivity index (χ3v) is 3.52. The average Bonchev–Trinajstić information content (AvgIpc) is 2.45. The zero-order chi connectivity index (χ0) is 15.2. The lowest BCUT2D eigenvalue weighted by atomic mass is 10.2. The van der Waals surface area contributed by atoms with Gasteiger partial charge in [0, 0.05) is 29.4 Å². The van der Waals surface area contributed by atoms with Crippen molar-refractivity contribution in [3.63, 3.8) is 0 Å². The van der Waals surface area contributed by atoms with Crippen molar-refractivity contribution in [2.45, 2.75) is 20.3 Å². The first-order valence-corrected chi connectivity index (χ1v) is 7.29. The lowest BCUT2D eigenvalue weighted by Crippen LogP contribution is -2.17. The Kier molecular flexibility index (Phi) is 5.23. The Labute approximate surface area is 130 Å². The van der Waals surface area contributed by atoms with E-state index in [9.17, 15) is 4.79 Å². The van der Waals surface area contributed by atoms with Gasteiger partial charge in [0.15, 0.2) is 0 Å². The van der Waals surface area contributed by atoms with E-state index in [1.807, 2.05) is 50.2 Å². The van der Waals surface area contributed by atoms with E-state index in [2.05, 4.69) is 10.6 Å². The number of rotatable bonds is 5. The van der Waals surface area contributed by atoms with Gasteiger partial charge in [-0.05, 0) is 43.2 Å². The van der Waals surface area contributed by atoms with Crippen LogP contribution in [-0.2, 0) is 4.79 Å². The highest BCUT2D eigenvalue weighted by Gasteiger charge is 2.05. The number of hydrogen-bond donors (Lipinski definition) is 2. The SMILES string of the molecule is Cc1ccccc1NCCC(=O)Nc1cc(Cl)ccc1C. The van der Waals surface area contributed by atoms with Crippen LogP contribution < -0.4 is 10.6 Å². The highest BCUT2D eigenvalue weighted by molar-refractivity contribution is 6.31. The summed E-state index contributed by atoms with van der Waals surface area (Å²) in [5, 5.41) is 6.78. The van der Waals surface area contributed by atoms with Gasteiger partial charge in [-0.15, -0.1) is 0 Å². The molecule has 0 aliphatic heterocycles. The Balaban J connectivity index is 1.85. The zero-order valence-corrected chi connectivity index (χ0v) is 13.0. The molecule has 0 spiro atoms. The standard InChI is InChI=1S/C17H19ClN2O/c1-12-5-3-4-6-15(12)19-10-9-17(21)20-16-11-14(18)8-7-13(16)2/h3-8,11,19H,9-10H2,1-2H3,(H,20,21). The monoisotopic (exact) mass is 302 g/mol. The predicted molar refractivity (Wildman–Crippen MR) is 89.1 cm³/mol. The number of amides is 1. The van der Waals surface area contributed by atoms with Crippen LogP contribution in [0.25, 0.3) is 0 Å². The first-order chi connectivity index (χ1) is 10.1. The average molecular weight is 303 g/mol. The van der Waals surface area contributed by atoms with Crippen LogP contribution >= 0.6 is 11.6 Å². The number of carbonyl (C=O) groups excluding carboxylic acids is 1. The molecule has 0 saturated heterocycles. The molecule has 3 nitrogen and oxygen atoms in total. The minimum Gasteiger partial charge on any atom is -0.384 e. The molecular weight excluding hydrogens is 284 g/mol. The second kappa shape index (κ2) is 7.14. The van der Waals surface area contributed by atoms with Crippen LogP contribution in [0.4, 0.5) is 11.4 Å². The fraction of sp³-hybridized carbons (Fsp3) is 0.235. The molecule has 0 radical (unpaired) electrons. The molecular formula is C17H19ClN2O. The van der Waals surface area contributed by atoms with E-state index in [1.165, 1.54) is 5.56 Å². The Morgan fingerprint density at radius 1 is 1.05 bits per heavy atom. The van der Waals surface area contributed by atoms with Crippen molar-refractivity contribution in [3.05, 3.63) is 58.6 Å². The summed E-state index contributed by atoms with van der Waals surface area (Å²) in [5.41, 5.74) is 4.00. The number of carbonyl (C=O) groups is 1. The molecule has 2 aromatic carbocycles. The smallest absolute Gasteiger partial charge is 0.226 e. The fourth-order valence-electron chi connectivity index (χ4n) is 2.02. The maximum atomic E-state index is 12.0. The number of hydrogen-bond acceptors (Lipinski definition) is 2. The molecule has 4 heteroatoms. The van der Waals surface area contributed by atoms with Crippen molar-refractivity contribution in [2.24, 2.45) is 0 Å². The van der Waals surface area contributed by atoms with Crippen molar-refractivity contribution < 1.29 is 4.79 Å². The van der Waals surface area contributed by atoms with Gasteiger partial charge in [0.05, 0.1) is 0 Å². The Morgan fingerprint density at radius 3 is 2.52 bits per heavy atom. The molecule has 0 atom stereocenters. The Hall–Kier alpha value is -2.00. The number of halogens is 1. The molecule has 0 heterocycles. The second-order valence-corrected chi connectivity index (χ2v) is 5.44. The third-order valence-electron chi connectivity index (χ3n) is 3.29. The van der Waals surface area contributed by atoms with Crippen LogP contribution in [-0.4, -0.2) is 12.5 Å². The van der Waals surface area contributed by atoms with E-state index < -0.39 is 0 Å². The Morgan fingerprint density at radius 2 is 1.76 bits per heavy atom. The topological polar surface area (TPSA) is 41.1 Å². The summed E-state index contributed by atoms with van der Waals surface area (Å²) >= 11 is 5.94. The largest absolute Gasteiger partial charge is 0.384 e. The van der Waals surface area contributed by atoms with Gasteiger partial charge in [-0.25, -0.2) is 0 Å². The molecule has 0 fully saturated rings. The lowest BCUT2D eigenvalue weighted by Gasteiger charge is -2.11. The maximum absolute atomic E-state index is 12.0. The number of anilines is 2. The summed E-state index contributed by atoms with van der Waals surface area (Å²) in [7, 11) is 0. The van der Waals surface area contributed by atoms with E-state index in [0.29, 0.717) is 18.0 Å². The molecule has 2 N–H and O–H groups in total. The van der Waals surface area contributed by atoms with Crippen molar-refractivity contribution in [1.82, 2.24) is 0 Å². The molecule has 0 saturated carbocycles. The highest BCUT2D eigenvalue weighted by Crippen LogP contribution is 2.20. The van der Waals surface area contributed by atoms with Gasteiger partial charge in [-0.3, -0.25) is 4.79 Å². The van der Waals surface area contributed by atoms with Gasteiger partial charge >= 0.3 is 0 Å².